The Hall–Kier alpha value is -2.04. The number of nitrogen functional groups attached to an aromatic ring is 1. The number of hydrogen-bond acceptors (Lipinski definition) is 5. The zero-order chi connectivity index (χ0) is 13.9. The van der Waals surface area contributed by atoms with Gasteiger partial charge < -0.3 is 10.6 Å². The lowest BCUT2D eigenvalue weighted by Gasteiger charge is -2.24. The minimum Gasteiger partial charge on any atom is -0.368 e. The number of hydrogen-bond donors (Lipinski definition) is 1. The number of anilines is 2. The van der Waals surface area contributed by atoms with Crippen molar-refractivity contribution in [2.75, 3.05) is 17.7 Å². The normalized spacial score (nSPS) is 12.9. The van der Waals surface area contributed by atoms with Crippen molar-refractivity contribution in [1.29, 1.82) is 5.26 Å². The second-order valence-electron chi connectivity index (χ2n) is 3.79. The van der Waals surface area contributed by atoms with Crippen molar-refractivity contribution in [3.05, 3.63) is 11.8 Å². The zero-order valence-electron chi connectivity index (χ0n) is 9.86. The molecular weight excluding hydrogens is 247 g/mol. The molecule has 0 bridgehead atoms. The van der Waals surface area contributed by atoms with Crippen LogP contribution in [0.1, 0.15) is 19.0 Å². The standard InChI is InChI=1S/C10H12F3N5/c1-6(3-4-14)18(2)8-5-7(10(11,12)13)16-9(15)17-8/h5-6H,3H2,1-2H3,(H2,15,16,17). The summed E-state index contributed by atoms with van der Waals surface area (Å²) in [6.45, 7) is 1.70. The van der Waals surface area contributed by atoms with E-state index in [9.17, 15) is 13.2 Å². The van der Waals surface area contributed by atoms with Crippen LogP contribution in [0.4, 0.5) is 24.9 Å². The average molecular weight is 259 g/mol. The first kappa shape index (κ1) is 14.0. The molecule has 0 aliphatic rings. The van der Waals surface area contributed by atoms with E-state index in [4.69, 9.17) is 11.0 Å². The highest BCUT2D eigenvalue weighted by Crippen LogP contribution is 2.30. The van der Waals surface area contributed by atoms with Crippen molar-refractivity contribution >= 4 is 11.8 Å². The molecule has 1 aromatic heterocycles. The van der Waals surface area contributed by atoms with Crippen LogP contribution >= 0.6 is 0 Å². The Morgan fingerprint density at radius 3 is 2.61 bits per heavy atom. The molecule has 1 atom stereocenters. The molecule has 0 fully saturated rings. The van der Waals surface area contributed by atoms with Gasteiger partial charge in [0.1, 0.15) is 5.82 Å². The van der Waals surface area contributed by atoms with Crippen LogP contribution in [0.15, 0.2) is 6.07 Å². The first-order chi connectivity index (χ1) is 8.25. The van der Waals surface area contributed by atoms with E-state index in [1.165, 1.54) is 4.90 Å². The van der Waals surface area contributed by atoms with Crippen molar-refractivity contribution in [2.45, 2.75) is 25.6 Å². The summed E-state index contributed by atoms with van der Waals surface area (Å²) < 4.78 is 37.6. The SMILES string of the molecule is CC(CC#N)N(C)c1cc(C(F)(F)F)nc(N)n1. The van der Waals surface area contributed by atoms with E-state index in [0.717, 1.165) is 6.07 Å². The summed E-state index contributed by atoms with van der Waals surface area (Å²) in [5.74, 6) is -0.409. The highest BCUT2D eigenvalue weighted by Gasteiger charge is 2.34. The molecule has 0 radical (unpaired) electrons. The van der Waals surface area contributed by atoms with Crippen molar-refractivity contribution in [3.63, 3.8) is 0 Å². The molecule has 0 amide bonds. The largest absolute Gasteiger partial charge is 0.433 e. The van der Waals surface area contributed by atoms with Crippen LogP contribution in [0.25, 0.3) is 0 Å². The van der Waals surface area contributed by atoms with E-state index in [2.05, 4.69) is 9.97 Å². The Kier molecular flexibility index (Phi) is 3.96. The van der Waals surface area contributed by atoms with E-state index in [1.807, 2.05) is 6.07 Å². The smallest absolute Gasteiger partial charge is 0.368 e. The van der Waals surface area contributed by atoms with Crippen molar-refractivity contribution in [3.8, 4) is 6.07 Å². The number of nitrogens with two attached hydrogens (primary N) is 1. The summed E-state index contributed by atoms with van der Waals surface area (Å²) in [5, 5.41) is 8.56. The molecule has 1 aromatic rings. The molecule has 1 rings (SSSR count). The minimum atomic E-state index is -4.58. The van der Waals surface area contributed by atoms with E-state index < -0.39 is 17.8 Å². The fourth-order valence-electron chi connectivity index (χ4n) is 1.27. The first-order valence-electron chi connectivity index (χ1n) is 5.07. The van der Waals surface area contributed by atoms with Gasteiger partial charge in [-0.3, -0.25) is 0 Å². The molecule has 8 heteroatoms. The van der Waals surface area contributed by atoms with Crippen LogP contribution in [-0.2, 0) is 6.18 Å². The lowest BCUT2D eigenvalue weighted by atomic mass is 10.2. The zero-order valence-corrected chi connectivity index (χ0v) is 9.86. The Morgan fingerprint density at radius 2 is 2.11 bits per heavy atom. The van der Waals surface area contributed by atoms with Gasteiger partial charge in [0.25, 0.3) is 0 Å². The third kappa shape index (κ3) is 3.23. The van der Waals surface area contributed by atoms with Gasteiger partial charge in [-0.1, -0.05) is 0 Å². The number of rotatable bonds is 3. The van der Waals surface area contributed by atoms with Gasteiger partial charge >= 0.3 is 6.18 Å². The van der Waals surface area contributed by atoms with Crippen LogP contribution in [-0.4, -0.2) is 23.1 Å². The van der Waals surface area contributed by atoms with E-state index in [-0.39, 0.29) is 18.3 Å². The Bertz CT molecular complexity index is 466. The lowest BCUT2D eigenvalue weighted by Crippen LogP contribution is -2.30. The van der Waals surface area contributed by atoms with E-state index >= 15 is 0 Å². The summed E-state index contributed by atoms with van der Waals surface area (Å²) in [7, 11) is 1.55. The molecule has 5 nitrogen and oxygen atoms in total. The average Bonchev–Trinajstić information content (AvgIpc) is 2.26. The Labute approximate surface area is 102 Å². The summed E-state index contributed by atoms with van der Waals surface area (Å²) >= 11 is 0. The van der Waals surface area contributed by atoms with Crippen LogP contribution in [0, 0.1) is 11.3 Å². The molecule has 1 heterocycles. The number of alkyl halides is 3. The van der Waals surface area contributed by atoms with Crippen molar-refractivity contribution in [2.24, 2.45) is 0 Å². The van der Waals surface area contributed by atoms with Gasteiger partial charge in [0.2, 0.25) is 5.95 Å². The van der Waals surface area contributed by atoms with E-state index in [0.29, 0.717) is 0 Å². The predicted molar refractivity (Wildman–Crippen MR) is 59.5 cm³/mol. The fraction of sp³-hybridized carbons (Fsp3) is 0.500. The summed E-state index contributed by atoms with van der Waals surface area (Å²) in [6.07, 6.45) is -4.41. The summed E-state index contributed by atoms with van der Waals surface area (Å²) in [6, 6.07) is 2.48. The minimum absolute atomic E-state index is 0.0394. The maximum atomic E-state index is 12.5. The maximum absolute atomic E-state index is 12.5. The van der Waals surface area contributed by atoms with Crippen LogP contribution < -0.4 is 10.6 Å². The molecule has 0 aliphatic carbocycles. The molecule has 18 heavy (non-hydrogen) atoms. The van der Waals surface area contributed by atoms with Gasteiger partial charge in [-0.15, -0.1) is 0 Å². The number of nitrogens with zero attached hydrogens (tertiary/aromatic N) is 4. The van der Waals surface area contributed by atoms with E-state index in [1.54, 1.807) is 14.0 Å². The molecule has 0 aliphatic heterocycles. The number of nitriles is 1. The molecule has 0 spiro atoms. The second-order valence-corrected chi connectivity index (χ2v) is 3.79. The molecule has 2 N–H and O–H groups in total. The monoisotopic (exact) mass is 259 g/mol. The van der Waals surface area contributed by atoms with Gasteiger partial charge in [-0.2, -0.15) is 23.4 Å². The van der Waals surface area contributed by atoms with Gasteiger partial charge in [-0.25, -0.2) is 4.98 Å². The number of halogens is 3. The Balaban J connectivity index is 3.11. The molecule has 1 unspecified atom stereocenters. The van der Waals surface area contributed by atoms with Gasteiger partial charge in [0, 0.05) is 19.2 Å². The number of aromatic nitrogens is 2. The fourth-order valence-corrected chi connectivity index (χ4v) is 1.27. The highest BCUT2D eigenvalue weighted by atomic mass is 19.4. The molecular formula is C10H12F3N5. The molecule has 0 saturated carbocycles. The van der Waals surface area contributed by atoms with Crippen molar-refractivity contribution < 1.29 is 13.2 Å². The topological polar surface area (TPSA) is 78.8 Å². The van der Waals surface area contributed by atoms with Crippen molar-refractivity contribution in [1.82, 2.24) is 9.97 Å². The van der Waals surface area contributed by atoms with Gasteiger partial charge in [0.15, 0.2) is 5.69 Å². The molecule has 0 saturated heterocycles. The van der Waals surface area contributed by atoms with Crippen LogP contribution in [0.2, 0.25) is 0 Å². The second kappa shape index (κ2) is 5.08. The third-order valence-electron chi connectivity index (χ3n) is 2.43. The van der Waals surface area contributed by atoms with Crippen LogP contribution in [0.3, 0.4) is 0 Å². The molecule has 0 aromatic carbocycles. The Morgan fingerprint density at radius 1 is 1.50 bits per heavy atom. The highest BCUT2D eigenvalue weighted by molar-refractivity contribution is 5.44. The lowest BCUT2D eigenvalue weighted by molar-refractivity contribution is -0.141. The quantitative estimate of drug-likeness (QED) is 0.895. The predicted octanol–water partition coefficient (Wildman–Crippen LogP) is 1.82. The van der Waals surface area contributed by atoms with Gasteiger partial charge in [0.05, 0.1) is 12.5 Å². The maximum Gasteiger partial charge on any atom is 0.433 e. The van der Waals surface area contributed by atoms with Gasteiger partial charge in [-0.05, 0) is 6.92 Å². The third-order valence-corrected chi connectivity index (χ3v) is 2.43. The first-order valence-corrected chi connectivity index (χ1v) is 5.07. The molecule has 98 valence electrons. The summed E-state index contributed by atoms with van der Waals surface area (Å²) in [5.41, 5.74) is 4.16. The summed E-state index contributed by atoms with van der Waals surface area (Å²) in [4.78, 5) is 8.33. The van der Waals surface area contributed by atoms with Crippen LogP contribution in [0.5, 0.6) is 0 Å².